The third-order valence-electron chi connectivity index (χ3n) is 9.31. The molecule has 0 fully saturated rings. The van der Waals surface area contributed by atoms with Crippen LogP contribution in [-0.2, 0) is 0 Å². The highest BCUT2D eigenvalue weighted by Gasteiger charge is 2.19. The van der Waals surface area contributed by atoms with Crippen molar-refractivity contribution in [2.75, 3.05) is 0 Å². The Labute approximate surface area is 280 Å². The lowest BCUT2D eigenvalue weighted by Crippen LogP contribution is -1.93. The zero-order valence-electron chi connectivity index (χ0n) is 25.7. The fourth-order valence-corrected chi connectivity index (χ4v) is 8.21. The second-order valence-electron chi connectivity index (χ2n) is 12.1. The summed E-state index contributed by atoms with van der Waals surface area (Å²) in [6.07, 6.45) is 0. The van der Waals surface area contributed by atoms with E-state index in [1.54, 1.807) is 11.3 Å². The van der Waals surface area contributed by atoms with E-state index >= 15 is 0 Å². The van der Waals surface area contributed by atoms with Crippen molar-refractivity contribution in [3.63, 3.8) is 0 Å². The Morgan fingerprint density at radius 1 is 0.458 bits per heavy atom. The fourth-order valence-electron chi connectivity index (χ4n) is 7.06. The minimum atomic E-state index is 0.727. The molecule has 0 spiro atoms. The second-order valence-corrected chi connectivity index (χ2v) is 13.2. The number of hydrogen-bond donors (Lipinski definition) is 0. The largest absolute Gasteiger partial charge is 0.455 e. The molecule has 0 aliphatic carbocycles. The minimum Gasteiger partial charge on any atom is -0.455 e. The van der Waals surface area contributed by atoms with Crippen molar-refractivity contribution in [2.45, 2.75) is 0 Å². The summed E-state index contributed by atoms with van der Waals surface area (Å²) in [7, 11) is 0. The first-order valence-corrected chi connectivity index (χ1v) is 16.9. The van der Waals surface area contributed by atoms with Crippen LogP contribution >= 0.6 is 11.3 Å². The van der Waals surface area contributed by atoms with Gasteiger partial charge in [-0.2, -0.15) is 0 Å². The monoisotopic (exact) mass is 630 g/mol. The van der Waals surface area contributed by atoms with Crippen molar-refractivity contribution in [2.24, 2.45) is 0 Å². The first-order chi connectivity index (χ1) is 23.8. The number of rotatable bonds is 4. The number of hydrogen-bond acceptors (Lipinski definition) is 4. The molecule has 0 aliphatic rings. The molecular formula is C44H26N2OS. The summed E-state index contributed by atoms with van der Waals surface area (Å²) >= 11 is 1.76. The van der Waals surface area contributed by atoms with Gasteiger partial charge >= 0.3 is 0 Å². The number of fused-ring (bicyclic) bond motifs is 8. The van der Waals surface area contributed by atoms with E-state index in [1.807, 2.05) is 6.07 Å². The van der Waals surface area contributed by atoms with Gasteiger partial charge in [0.2, 0.25) is 0 Å². The SMILES string of the molecule is c1ccc(-c2nc(-c3ccc(-c4cc5c(oc6cccc(-c7ccccc7)c65)c5ccccc45)cc3)nc3c2sc2ccccc23)cc1. The van der Waals surface area contributed by atoms with E-state index < -0.39 is 0 Å². The highest BCUT2D eigenvalue weighted by molar-refractivity contribution is 7.26. The molecule has 3 heterocycles. The molecule has 3 nitrogen and oxygen atoms in total. The molecular weight excluding hydrogens is 605 g/mol. The average Bonchev–Trinajstić information content (AvgIpc) is 3.74. The standard InChI is InChI=1S/C44H26N2OS/c1-3-12-27(13-4-1)31-19-11-20-37-39(31)36-26-35(32-16-7-8-17-33(32)42(36)47-37)28-22-24-30(25-23-28)44-45-40(29-14-5-2-6-15-29)43-41(46-44)34-18-9-10-21-38(34)48-43/h1-26H. The van der Waals surface area contributed by atoms with Crippen molar-refractivity contribution in [1.82, 2.24) is 9.97 Å². The van der Waals surface area contributed by atoms with Gasteiger partial charge in [-0.25, -0.2) is 9.97 Å². The maximum Gasteiger partial charge on any atom is 0.160 e. The molecule has 10 rings (SSSR count). The van der Waals surface area contributed by atoms with Crippen LogP contribution < -0.4 is 0 Å². The minimum absolute atomic E-state index is 0.727. The highest BCUT2D eigenvalue weighted by Crippen LogP contribution is 2.44. The maximum absolute atomic E-state index is 6.59. The first kappa shape index (κ1) is 27.1. The highest BCUT2D eigenvalue weighted by atomic mass is 32.1. The van der Waals surface area contributed by atoms with Gasteiger partial charge in [0.15, 0.2) is 5.82 Å². The fraction of sp³-hybridized carbons (Fsp3) is 0. The molecule has 0 radical (unpaired) electrons. The summed E-state index contributed by atoms with van der Waals surface area (Å²) in [5, 5.41) is 5.69. The summed E-state index contributed by atoms with van der Waals surface area (Å²) in [5.74, 6) is 0.727. The Morgan fingerprint density at radius 3 is 1.90 bits per heavy atom. The third kappa shape index (κ3) is 4.20. The number of thiophene rings is 1. The lowest BCUT2D eigenvalue weighted by molar-refractivity contribution is 0.673. The van der Waals surface area contributed by atoms with Crippen LogP contribution in [0.5, 0.6) is 0 Å². The van der Waals surface area contributed by atoms with Gasteiger partial charge in [-0.3, -0.25) is 0 Å². The maximum atomic E-state index is 6.59. The van der Waals surface area contributed by atoms with Crippen LogP contribution in [0.2, 0.25) is 0 Å². The van der Waals surface area contributed by atoms with Crippen LogP contribution in [0, 0.1) is 0 Å². The molecule has 0 amide bonds. The molecule has 0 unspecified atom stereocenters. The van der Waals surface area contributed by atoms with Crippen molar-refractivity contribution >= 4 is 64.4 Å². The Bertz CT molecular complexity index is 2820. The van der Waals surface area contributed by atoms with Crippen molar-refractivity contribution in [3.05, 3.63) is 158 Å². The Kier molecular flexibility index (Phi) is 6.05. The molecule has 0 saturated heterocycles. The second kappa shape index (κ2) is 10.7. The number of benzene rings is 7. The van der Waals surface area contributed by atoms with Gasteiger partial charge < -0.3 is 4.42 Å². The van der Waals surface area contributed by atoms with Crippen molar-refractivity contribution < 1.29 is 4.42 Å². The molecule has 224 valence electrons. The molecule has 0 N–H and O–H groups in total. The van der Waals surface area contributed by atoms with Crippen molar-refractivity contribution in [3.8, 4) is 44.9 Å². The van der Waals surface area contributed by atoms with Gasteiger partial charge in [-0.1, -0.05) is 140 Å². The summed E-state index contributed by atoms with van der Waals surface area (Å²) in [6.45, 7) is 0. The Hall–Kier alpha value is -6.10. The van der Waals surface area contributed by atoms with E-state index in [0.29, 0.717) is 0 Å². The summed E-state index contributed by atoms with van der Waals surface area (Å²) in [5.41, 5.74) is 10.5. The van der Waals surface area contributed by atoms with E-state index in [1.165, 1.54) is 21.4 Å². The van der Waals surface area contributed by atoms with Gasteiger partial charge in [0.25, 0.3) is 0 Å². The van der Waals surface area contributed by atoms with Gasteiger partial charge in [-0.05, 0) is 45.8 Å². The molecule has 0 aliphatic heterocycles. The molecule has 7 aromatic carbocycles. The zero-order valence-corrected chi connectivity index (χ0v) is 26.5. The molecule has 0 bridgehead atoms. The number of aromatic nitrogens is 2. The van der Waals surface area contributed by atoms with Crippen LogP contribution in [0.4, 0.5) is 0 Å². The third-order valence-corrected chi connectivity index (χ3v) is 10.5. The van der Waals surface area contributed by atoms with E-state index in [0.717, 1.165) is 76.5 Å². The first-order valence-electron chi connectivity index (χ1n) is 16.1. The topological polar surface area (TPSA) is 38.9 Å². The molecule has 10 aromatic rings. The van der Waals surface area contributed by atoms with Crippen LogP contribution in [0.1, 0.15) is 0 Å². The lowest BCUT2D eigenvalue weighted by atomic mass is 9.93. The van der Waals surface area contributed by atoms with Gasteiger partial charge in [0, 0.05) is 37.4 Å². The van der Waals surface area contributed by atoms with Crippen LogP contribution in [0.15, 0.2) is 162 Å². The molecule has 3 aromatic heterocycles. The lowest BCUT2D eigenvalue weighted by Gasteiger charge is -2.11. The van der Waals surface area contributed by atoms with E-state index in [9.17, 15) is 0 Å². The molecule has 0 atom stereocenters. The van der Waals surface area contributed by atoms with Gasteiger partial charge in [-0.15, -0.1) is 11.3 Å². The van der Waals surface area contributed by atoms with Gasteiger partial charge in [0.1, 0.15) is 11.2 Å². The Morgan fingerprint density at radius 2 is 1.10 bits per heavy atom. The number of furan rings is 1. The van der Waals surface area contributed by atoms with Gasteiger partial charge in [0.05, 0.1) is 15.9 Å². The van der Waals surface area contributed by atoms with Crippen molar-refractivity contribution in [1.29, 1.82) is 0 Å². The normalized spacial score (nSPS) is 11.8. The zero-order chi connectivity index (χ0) is 31.6. The van der Waals surface area contributed by atoms with Crippen LogP contribution in [0.3, 0.4) is 0 Å². The van der Waals surface area contributed by atoms with Crippen LogP contribution in [0.25, 0.3) is 97.9 Å². The van der Waals surface area contributed by atoms with E-state index in [-0.39, 0.29) is 0 Å². The van der Waals surface area contributed by atoms with Crippen LogP contribution in [-0.4, -0.2) is 9.97 Å². The quantitative estimate of drug-likeness (QED) is 0.194. The summed E-state index contributed by atoms with van der Waals surface area (Å²) in [4.78, 5) is 10.3. The smallest absolute Gasteiger partial charge is 0.160 e. The average molecular weight is 631 g/mol. The molecule has 4 heteroatoms. The predicted molar refractivity (Wildman–Crippen MR) is 201 cm³/mol. The molecule has 0 saturated carbocycles. The van der Waals surface area contributed by atoms with E-state index in [4.69, 9.17) is 14.4 Å². The number of nitrogens with zero attached hydrogens (tertiary/aromatic N) is 2. The molecule has 48 heavy (non-hydrogen) atoms. The summed E-state index contributed by atoms with van der Waals surface area (Å²) in [6, 6.07) is 55.4. The van der Waals surface area contributed by atoms with E-state index in [2.05, 4.69) is 152 Å². The predicted octanol–water partition coefficient (Wildman–Crippen LogP) is 12.6. The Balaban J connectivity index is 1.16. The summed E-state index contributed by atoms with van der Waals surface area (Å²) < 4.78 is 8.92.